The molecule has 0 amide bonds. The van der Waals surface area contributed by atoms with E-state index in [1.165, 1.54) is 12.1 Å². The monoisotopic (exact) mass is 261 g/mol. The Labute approximate surface area is 100 Å². The SMILES string of the molecule is O=C=NC1(c2ccc(C(F)(F)F)cc2Cl)CC1. The molecule has 0 spiro atoms. The number of halogens is 4. The predicted molar refractivity (Wildman–Crippen MR) is 55.5 cm³/mol. The van der Waals surface area contributed by atoms with Crippen molar-refractivity contribution < 1.29 is 18.0 Å². The largest absolute Gasteiger partial charge is 0.416 e. The lowest BCUT2D eigenvalue weighted by Gasteiger charge is -2.13. The van der Waals surface area contributed by atoms with Crippen LogP contribution in [-0.4, -0.2) is 6.08 Å². The van der Waals surface area contributed by atoms with Gasteiger partial charge in [0.05, 0.1) is 11.1 Å². The van der Waals surface area contributed by atoms with Gasteiger partial charge in [-0.2, -0.15) is 18.2 Å². The molecule has 0 aromatic heterocycles. The van der Waals surface area contributed by atoms with E-state index >= 15 is 0 Å². The van der Waals surface area contributed by atoms with E-state index < -0.39 is 17.3 Å². The Morgan fingerprint density at radius 2 is 2.00 bits per heavy atom. The van der Waals surface area contributed by atoms with Gasteiger partial charge in [0.15, 0.2) is 0 Å². The standard InChI is InChI=1S/C11H7ClF3NO/c12-9-5-7(11(13,14)15)1-2-8(9)10(3-4-10)16-6-17/h1-2,5H,3-4H2. The van der Waals surface area contributed by atoms with Crippen LogP contribution in [0, 0.1) is 0 Å². The molecule has 2 rings (SSSR count). The molecular weight excluding hydrogens is 255 g/mol. The Kier molecular flexibility index (Phi) is 2.76. The van der Waals surface area contributed by atoms with Gasteiger partial charge in [-0.25, -0.2) is 4.79 Å². The van der Waals surface area contributed by atoms with Gasteiger partial charge >= 0.3 is 6.18 Å². The van der Waals surface area contributed by atoms with Gasteiger partial charge < -0.3 is 0 Å². The number of nitrogens with zero attached hydrogens (tertiary/aromatic N) is 1. The van der Waals surface area contributed by atoms with Crippen molar-refractivity contribution in [2.45, 2.75) is 24.6 Å². The molecule has 0 aliphatic heterocycles. The van der Waals surface area contributed by atoms with E-state index in [2.05, 4.69) is 4.99 Å². The van der Waals surface area contributed by atoms with E-state index in [0.29, 0.717) is 18.4 Å². The molecule has 0 N–H and O–H groups in total. The molecule has 90 valence electrons. The maximum Gasteiger partial charge on any atom is 0.416 e. The topological polar surface area (TPSA) is 29.4 Å². The van der Waals surface area contributed by atoms with Crippen molar-refractivity contribution in [2.24, 2.45) is 4.99 Å². The zero-order valence-electron chi connectivity index (χ0n) is 8.51. The molecule has 1 saturated carbocycles. The Morgan fingerprint density at radius 3 is 2.41 bits per heavy atom. The van der Waals surface area contributed by atoms with E-state index in [4.69, 9.17) is 11.6 Å². The summed E-state index contributed by atoms with van der Waals surface area (Å²) in [5.41, 5.74) is -1.10. The summed E-state index contributed by atoms with van der Waals surface area (Å²) in [7, 11) is 0. The van der Waals surface area contributed by atoms with Gasteiger partial charge in [-0.15, -0.1) is 0 Å². The lowest BCUT2D eigenvalue weighted by Crippen LogP contribution is -2.08. The molecule has 6 heteroatoms. The second kappa shape index (κ2) is 3.86. The molecule has 17 heavy (non-hydrogen) atoms. The molecule has 0 radical (unpaired) electrons. The summed E-state index contributed by atoms with van der Waals surface area (Å²) in [6, 6.07) is 3.08. The quantitative estimate of drug-likeness (QED) is 0.590. The van der Waals surface area contributed by atoms with Crippen molar-refractivity contribution in [3.05, 3.63) is 34.3 Å². The van der Waals surface area contributed by atoms with Crippen LogP contribution in [0.3, 0.4) is 0 Å². The molecule has 0 unspecified atom stereocenters. The average molecular weight is 262 g/mol. The fraction of sp³-hybridized carbons (Fsp3) is 0.364. The van der Waals surface area contributed by atoms with Crippen molar-refractivity contribution in [3.63, 3.8) is 0 Å². The second-order valence-electron chi connectivity index (χ2n) is 3.93. The van der Waals surface area contributed by atoms with E-state index in [0.717, 1.165) is 12.1 Å². The lowest BCUT2D eigenvalue weighted by molar-refractivity contribution is -0.137. The molecular formula is C11H7ClF3NO. The van der Waals surface area contributed by atoms with Crippen LogP contribution < -0.4 is 0 Å². The summed E-state index contributed by atoms with van der Waals surface area (Å²) in [4.78, 5) is 13.9. The summed E-state index contributed by atoms with van der Waals surface area (Å²) in [6.45, 7) is 0. The van der Waals surface area contributed by atoms with Crippen molar-refractivity contribution >= 4 is 17.7 Å². The maximum atomic E-state index is 12.4. The fourth-order valence-electron chi connectivity index (χ4n) is 1.72. The van der Waals surface area contributed by atoms with Crippen molar-refractivity contribution in [1.82, 2.24) is 0 Å². The fourth-order valence-corrected chi connectivity index (χ4v) is 2.07. The van der Waals surface area contributed by atoms with Gasteiger partial charge in [-0.05, 0) is 30.5 Å². The Hall–Kier alpha value is -1.32. The second-order valence-corrected chi connectivity index (χ2v) is 4.33. The Morgan fingerprint density at radius 1 is 1.35 bits per heavy atom. The molecule has 2 nitrogen and oxygen atoms in total. The van der Waals surface area contributed by atoms with E-state index in [1.54, 1.807) is 0 Å². The van der Waals surface area contributed by atoms with Crippen LogP contribution in [0.2, 0.25) is 5.02 Å². The van der Waals surface area contributed by atoms with E-state index in [1.807, 2.05) is 0 Å². The Balaban J connectivity index is 2.43. The lowest BCUT2D eigenvalue weighted by atomic mass is 10.0. The van der Waals surface area contributed by atoms with Crippen molar-refractivity contribution in [3.8, 4) is 0 Å². The normalized spacial score (nSPS) is 17.4. The Bertz CT molecular complexity index is 502. The zero-order valence-corrected chi connectivity index (χ0v) is 9.27. The number of rotatable bonds is 2. The molecule has 1 aromatic rings. The van der Waals surface area contributed by atoms with Gasteiger partial charge in [-0.1, -0.05) is 17.7 Å². The number of isocyanates is 1. The molecule has 1 aromatic carbocycles. The first-order valence-electron chi connectivity index (χ1n) is 4.85. The van der Waals surface area contributed by atoms with Crippen LogP contribution in [0.4, 0.5) is 13.2 Å². The van der Waals surface area contributed by atoms with Gasteiger partial charge in [0.1, 0.15) is 0 Å². The zero-order chi connectivity index (χ0) is 12.7. The molecule has 0 heterocycles. The van der Waals surface area contributed by atoms with Crippen LogP contribution >= 0.6 is 11.6 Å². The van der Waals surface area contributed by atoms with Gasteiger partial charge in [-0.3, -0.25) is 0 Å². The number of hydrogen-bond donors (Lipinski definition) is 0. The number of hydrogen-bond acceptors (Lipinski definition) is 2. The molecule has 1 fully saturated rings. The first-order chi connectivity index (χ1) is 7.89. The highest BCUT2D eigenvalue weighted by atomic mass is 35.5. The minimum Gasteiger partial charge on any atom is -0.211 e. The highest BCUT2D eigenvalue weighted by Crippen LogP contribution is 2.51. The summed E-state index contributed by atoms with van der Waals surface area (Å²) >= 11 is 5.81. The van der Waals surface area contributed by atoms with Crippen LogP contribution in [-0.2, 0) is 16.5 Å². The molecule has 0 atom stereocenters. The third kappa shape index (κ3) is 2.21. The summed E-state index contributed by atoms with van der Waals surface area (Å²) < 4.78 is 37.2. The van der Waals surface area contributed by atoms with Gasteiger partial charge in [0.2, 0.25) is 6.08 Å². The van der Waals surface area contributed by atoms with Gasteiger partial charge in [0.25, 0.3) is 0 Å². The summed E-state index contributed by atoms with van der Waals surface area (Å²) in [5.74, 6) is 0. The van der Waals surface area contributed by atoms with Gasteiger partial charge in [0, 0.05) is 5.02 Å². The van der Waals surface area contributed by atoms with Crippen LogP contribution in [0.1, 0.15) is 24.0 Å². The average Bonchev–Trinajstić information content (AvgIpc) is 2.97. The van der Waals surface area contributed by atoms with E-state index in [-0.39, 0.29) is 5.02 Å². The number of aliphatic imine (C=N–C) groups is 1. The van der Waals surface area contributed by atoms with Crippen LogP contribution in [0.5, 0.6) is 0 Å². The number of carbonyl (C=O) groups excluding carboxylic acids is 1. The highest BCUT2D eigenvalue weighted by Gasteiger charge is 2.46. The number of benzene rings is 1. The maximum absolute atomic E-state index is 12.4. The third-order valence-corrected chi connectivity index (χ3v) is 3.09. The molecule has 1 aliphatic rings. The first-order valence-corrected chi connectivity index (χ1v) is 5.23. The summed E-state index contributed by atoms with van der Waals surface area (Å²) in [5, 5.41) is -0.0173. The minimum atomic E-state index is -4.42. The van der Waals surface area contributed by atoms with E-state index in [9.17, 15) is 18.0 Å². The third-order valence-electron chi connectivity index (χ3n) is 2.78. The molecule has 0 bridgehead atoms. The predicted octanol–water partition coefficient (Wildman–Crippen LogP) is 3.68. The first kappa shape index (κ1) is 12.1. The number of alkyl halides is 3. The molecule has 1 aliphatic carbocycles. The van der Waals surface area contributed by atoms with Crippen molar-refractivity contribution in [2.75, 3.05) is 0 Å². The highest BCUT2D eigenvalue weighted by molar-refractivity contribution is 6.31. The minimum absolute atomic E-state index is 0.0173. The molecule has 0 saturated heterocycles. The smallest absolute Gasteiger partial charge is 0.211 e. The van der Waals surface area contributed by atoms with Crippen molar-refractivity contribution in [1.29, 1.82) is 0 Å². The van der Waals surface area contributed by atoms with Crippen LogP contribution in [0.15, 0.2) is 23.2 Å². The summed E-state index contributed by atoms with van der Waals surface area (Å²) in [6.07, 6.45) is -1.78. The van der Waals surface area contributed by atoms with Crippen LogP contribution in [0.25, 0.3) is 0 Å².